The van der Waals surface area contributed by atoms with Crippen molar-refractivity contribution in [1.82, 2.24) is 0 Å². The van der Waals surface area contributed by atoms with E-state index in [2.05, 4.69) is 15.9 Å². The molecule has 1 aromatic rings. The van der Waals surface area contributed by atoms with Crippen LogP contribution in [0.25, 0.3) is 0 Å². The van der Waals surface area contributed by atoms with Crippen LogP contribution < -0.4 is 11.5 Å². The average molecular weight is 249 g/mol. The first kappa shape index (κ1) is 9.70. The van der Waals surface area contributed by atoms with Gasteiger partial charge < -0.3 is 11.5 Å². The monoisotopic (exact) mass is 248 g/mol. The van der Waals surface area contributed by atoms with E-state index in [4.69, 9.17) is 11.5 Å². The summed E-state index contributed by atoms with van der Waals surface area (Å²) < 4.78 is 0.946. The zero-order valence-corrected chi connectivity index (χ0v) is 8.69. The summed E-state index contributed by atoms with van der Waals surface area (Å²) in [5.74, 6) is -0.372. The highest BCUT2D eigenvalue weighted by Gasteiger charge is 2.13. The van der Waals surface area contributed by atoms with Gasteiger partial charge in [-0.3, -0.25) is 4.79 Å². The summed E-state index contributed by atoms with van der Waals surface area (Å²) in [4.78, 5) is 11.5. The third-order valence-corrected chi connectivity index (χ3v) is 3.41. The molecule has 0 saturated carbocycles. The lowest BCUT2D eigenvalue weighted by Crippen LogP contribution is -2.20. The zero-order valence-electron chi connectivity index (χ0n) is 6.29. The first-order chi connectivity index (χ1) is 5.61. The topological polar surface area (TPSA) is 69.1 Å². The molecule has 66 valence electrons. The minimum Gasteiger partial charge on any atom is -0.370 e. The predicted octanol–water partition coefficient (Wildman–Crippen LogP) is 1.39. The van der Waals surface area contributed by atoms with E-state index in [1.807, 2.05) is 11.4 Å². The SMILES string of the molecule is NC(=O)C[C@H](N)c1sccc1Br. The molecule has 3 nitrogen and oxygen atoms in total. The number of hydrogen-bond donors (Lipinski definition) is 2. The van der Waals surface area contributed by atoms with Crippen molar-refractivity contribution < 1.29 is 4.79 Å². The molecule has 0 aliphatic rings. The Bertz CT molecular complexity index is 287. The zero-order chi connectivity index (χ0) is 9.14. The van der Waals surface area contributed by atoms with E-state index in [1.165, 1.54) is 11.3 Å². The largest absolute Gasteiger partial charge is 0.370 e. The maximum atomic E-state index is 10.5. The van der Waals surface area contributed by atoms with Gasteiger partial charge in [0.1, 0.15) is 0 Å². The number of rotatable bonds is 3. The maximum Gasteiger partial charge on any atom is 0.219 e. The van der Waals surface area contributed by atoms with Crippen LogP contribution in [0.15, 0.2) is 15.9 Å². The number of thiophene rings is 1. The highest BCUT2D eigenvalue weighted by atomic mass is 79.9. The van der Waals surface area contributed by atoms with Crippen LogP contribution in [0.1, 0.15) is 17.3 Å². The van der Waals surface area contributed by atoms with Gasteiger partial charge in [0.15, 0.2) is 0 Å². The molecule has 0 bridgehead atoms. The Hall–Kier alpha value is -0.390. The minimum atomic E-state index is -0.372. The Morgan fingerprint density at radius 3 is 2.83 bits per heavy atom. The van der Waals surface area contributed by atoms with Gasteiger partial charge in [0, 0.05) is 21.8 Å². The molecule has 4 N–H and O–H groups in total. The normalized spacial score (nSPS) is 12.8. The van der Waals surface area contributed by atoms with Crippen LogP contribution in [0.5, 0.6) is 0 Å². The number of halogens is 1. The summed E-state index contributed by atoms with van der Waals surface area (Å²) in [6.07, 6.45) is 0.194. The van der Waals surface area contributed by atoms with Gasteiger partial charge in [0.25, 0.3) is 0 Å². The van der Waals surface area contributed by atoms with E-state index >= 15 is 0 Å². The van der Waals surface area contributed by atoms with Gasteiger partial charge in [-0.15, -0.1) is 11.3 Å². The minimum absolute atomic E-state index is 0.194. The number of carbonyl (C=O) groups excluding carboxylic acids is 1. The van der Waals surface area contributed by atoms with E-state index in [0.717, 1.165) is 9.35 Å². The molecule has 1 rings (SSSR count). The molecule has 1 atom stereocenters. The fraction of sp³-hybridized carbons (Fsp3) is 0.286. The standard InChI is InChI=1S/C7H9BrN2OS/c8-4-1-2-12-7(4)5(9)3-6(10)11/h1-2,5H,3,9H2,(H2,10,11)/t5-/m0/s1. The lowest BCUT2D eigenvalue weighted by atomic mass is 10.2. The second kappa shape index (κ2) is 4.02. The van der Waals surface area contributed by atoms with Crippen molar-refractivity contribution >= 4 is 33.2 Å². The van der Waals surface area contributed by atoms with Crippen molar-refractivity contribution in [3.05, 3.63) is 20.8 Å². The smallest absolute Gasteiger partial charge is 0.219 e. The second-order valence-corrected chi connectivity index (χ2v) is 4.21. The Kier molecular flexibility index (Phi) is 3.25. The van der Waals surface area contributed by atoms with Crippen LogP contribution in [0.4, 0.5) is 0 Å². The number of amides is 1. The molecule has 1 amide bonds. The predicted molar refractivity (Wildman–Crippen MR) is 52.8 cm³/mol. The lowest BCUT2D eigenvalue weighted by molar-refractivity contribution is -0.118. The van der Waals surface area contributed by atoms with E-state index in [1.54, 1.807) is 0 Å². The van der Waals surface area contributed by atoms with Crippen LogP contribution in [-0.2, 0) is 4.79 Å². The Balaban J connectivity index is 2.71. The summed E-state index contributed by atoms with van der Waals surface area (Å²) in [6, 6.07) is 1.62. The fourth-order valence-electron chi connectivity index (χ4n) is 0.879. The number of nitrogens with two attached hydrogens (primary N) is 2. The van der Waals surface area contributed by atoms with Crippen molar-refractivity contribution in [3.63, 3.8) is 0 Å². The van der Waals surface area contributed by atoms with Crippen molar-refractivity contribution in [3.8, 4) is 0 Å². The van der Waals surface area contributed by atoms with Crippen LogP contribution in [0, 0.1) is 0 Å². The van der Waals surface area contributed by atoms with Crippen molar-refractivity contribution in [2.45, 2.75) is 12.5 Å². The van der Waals surface area contributed by atoms with Crippen molar-refractivity contribution in [1.29, 1.82) is 0 Å². The second-order valence-electron chi connectivity index (χ2n) is 2.41. The molecule has 0 spiro atoms. The first-order valence-corrected chi connectivity index (χ1v) is 5.05. The van der Waals surface area contributed by atoms with Gasteiger partial charge in [0.05, 0.1) is 0 Å². The van der Waals surface area contributed by atoms with Gasteiger partial charge in [-0.05, 0) is 27.4 Å². The first-order valence-electron chi connectivity index (χ1n) is 3.38. The molecule has 0 aromatic carbocycles. The maximum absolute atomic E-state index is 10.5. The van der Waals surface area contributed by atoms with Gasteiger partial charge in [-0.25, -0.2) is 0 Å². The highest BCUT2D eigenvalue weighted by molar-refractivity contribution is 9.10. The number of hydrogen-bond acceptors (Lipinski definition) is 3. The molecular formula is C7H9BrN2OS. The molecule has 0 fully saturated rings. The molecule has 0 radical (unpaired) electrons. The van der Waals surface area contributed by atoms with Crippen molar-refractivity contribution in [2.24, 2.45) is 11.5 Å². The van der Waals surface area contributed by atoms with E-state index in [9.17, 15) is 4.79 Å². The van der Waals surface area contributed by atoms with Crippen LogP contribution >= 0.6 is 27.3 Å². The molecule has 1 heterocycles. The summed E-state index contributed by atoms with van der Waals surface area (Å²) in [5, 5.41) is 1.92. The van der Waals surface area contributed by atoms with E-state index < -0.39 is 0 Å². The molecule has 5 heteroatoms. The van der Waals surface area contributed by atoms with E-state index in [-0.39, 0.29) is 18.4 Å². The molecule has 12 heavy (non-hydrogen) atoms. The van der Waals surface area contributed by atoms with Gasteiger partial charge in [0.2, 0.25) is 5.91 Å². The van der Waals surface area contributed by atoms with E-state index in [0.29, 0.717) is 0 Å². The third kappa shape index (κ3) is 2.30. The molecule has 0 unspecified atom stereocenters. The van der Waals surface area contributed by atoms with Gasteiger partial charge >= 0.3 is 0 Å². The third-order valence-electron chi connectivity index (χ3n) is 1.40. The summed E-state index contributed by atoms with van der Waals surface area (Å²) in [7, 11) is 0. The number of carbonyl (C=O) groups is 1. The van der Waals surface area contributed by atoms with Gasteiger partial charge in [-0.2, -0.15) is 0 Å². The summed E-state index contributed by atoms with van der Waals surface area (Å²) in [5.41, 5.74) is 10.7. The average Bonchev–Trinajstić information content (AvgIpc) is 2.33. The molecule has 0 saturated heterocycles. The highest BCUT2D eigenvalue weighted by Crippen LogP contribution is 2.28. The van der Waals surface area contributed by atoms with Crippen LogP contribution in [0.2, 0.25) is 0 Å². The van der Waals surface area contributed by atoms with Crippen LogP contribution in [-0.4, -0.2) is 5.91 Å². The molecule has 0 aliphatic heterocycles. The summed E-state index contributed by atoms with van der Waals surface area (Å²) in [6.45, 7) is 0. The fourth-order valence-corrected chi connectivity index (χ4v) is 2.55. The van der Waals surface area contributed by atoms with Crippen LogP contribution in [0.3, 0.4) is 0 Å². The van der Waals surface area contributed by atoms with Crippen molar-refractivity contribution in [2.75, 3.05) is 0 Å². The lowest BCUT2D eigenvalue weighted by Gasteiger charge is -2.06. The van der Waals surface area contributed by atoms with Gasteiger partial charge in [-0.1, -0.05) is 0 Å². The quantitative estimate of drug-likeness (QED) is 0.849. The molecule has 0 aliphatic carbocycles. The Morgan fingerprint density at radius 1 is 1.75 bits per heavy atom. The Labute approximate surface area is 82.9 Å². The molecule has 1 aromatic heterocycles. The summed E-state index contributed by atoms with van der Waals surface area (Å²) >= 11 is 4.86. The number of primary amides is 1. The molecular weight excluding hydrogens is 240 g/mol. The Morgan fingerprint density at radius 2 is 2.42 bits per heavy atom.